The van der Waals surface area contributed by atoms with Gasteiger partial charge in [0, 0.05) is 39.2 Å². The van der Waals surface area contributed by atoms with Crippen LogP contribution in [0.3, 0.4) is 0 Å². The van der Waals surface area contributed by atoms with Gasteiger partial charge in [0.2, 0.25) is 5.91 Å². The summed E-state index contributed by atoms with van der Waals surface area (Å²) >= 11 is 4.98. The van der Waals surface area contributed by atoms with Crippen LogP contribution in [0.1, 0.15) is 20.8 Å². The summed E-state index contributed by atoms with van der Waals surface area (Å²) in [5.41, 5.74) is -0.151. The van der Waals surface area contributed by atoms with E-state index < -0.39 is 23.8 Å². The highest BCUT2D eigenvalue weighted by molar-refractivity contribution is 7.80. The summed E-state index contributed by atoms with van der Waals surface area (Å²) in [7, 11) is 1.66. The van der Waals surface area contributed by atoms with Crippen molar-refractivity contribution in [2.45, 2.75) is 26.9 Å². The van der Waals surface area contributed by atoms with Gasteiger partial charge in [0.15, 0.2) is 11.6 Å². The number of nitrogens with one attached hydrogen (secondary N) is 1. The smallest absolute Gasteiger partial charge is 0.414 e. The molecule has 0 aliphatic carbocycles. The van der Waals surface area contributed by atoms with Crippen molar-refractivity contribution in [1.82, 2.24) is 10.4 Å². The van der Waals surface area contributed by atoms with Gasteiger partial charge in [-0.05, 0) is 13.8 Å². The van der Waals surface area contributed by atoms with Gasteiger partial charge in [-0.25, -0.2) is 13.6 Å². The Kier molecular flexibility index (Phi) is 8.30. The van der Waals surface area contributed by atoms with E-state index in [1.165, 1.54) is 16.9 Å². The van der Waals surface area contributed by atoms with Gasteiger partial charge in [0.25, 0.3) is 0 Å². The fourth-order valence-electron chi connectivity index (χ4n) is 2.91. The number of rotatable bonds is 9. The molecule has 1 fully saturated rings. The number of benzene rings is 1. The number of hydrogen-bond donors (Lipinski definition) is 1. The third-order valence-electron chi connectivity index (χ3n) is 4.55. The van der Waals surface area contributed by atoms with E-state index in [4.69, 9.17) is 21.8 Å². The van der Waals surface area contributed by atoms with Crippen LogP contribution in [0.5, 0.6) is 0 Å². The first-order valence-electron chi connectivity index (χ1n) is 9.47. The number of amides is 2. The molecular formula is C19H26F2N4O4S. The minimum absolute atomic E-state index is 0.0486. The molecule has 1 N–H and O–H groups in total. The highest BCUT2D eigenvalue weighted by atomic mass is 32.1. The summed E-state index contributed by atoms with van der Waals surface area (Å²) in [5.74, 6) is -1.87. The van der Waals surface area contributed by atoms with Crippen molar-refractivity contribution < 1.29 is 27.9 Å². The summed E-state index contributed by atoms with van der Waals surface area (Å²) in [5, 5.41) is 3.96. The lowest BCUT2D eigenvalue weighted by Crippen LogP contribution is -2.33. The van der Waals surface area contributed by atoms with Gasteiger partial charge < -0.3 is 15.0 Å². The lowest BCUT2D eigenvalue weighted by atomic mass is 10.2. The van der Waals surface area contributed by atoms with Crippen molar-refractivity contribution >= 4 is 40.6 Å². The molecule has 0 bridgehead atoms. The van der Waals surface area contributed by atoms with Crippen molar-refractivity contribution in [2.24, 2.45) is 0 Å². The van der Waals surface area contributed by atoms with Crippen LogP contribution in [0.15, 0.2) is 12.1 Å². The van der Waals surface area contributed by atoms with E-state index >= 15 is 0 Å². The van der Waals surface area contributed by atoms with Gasteiger partial charge >= 0.3 is 6.09 Å². The number of likely N-dealkylation sites (N-methyl/N-ethyl adjacent to an activating group) is 1. The van der Waals surface area contributed by atoms with E-state index in [2.05, 4.69) is 5.32 Å². The average molecular weight is 445 g/mol. The summed E-state index contributed by atoms with van der Waals surface area (Å²) in [6.45, 7) is 5.79. The number of carbonyl (C=O) groups excluding carboxylic acids is 2. The molecule has 30 heavy (non-hydrogen) atoms. The van der Waals surface area contributed by atoms with Crippen LogP contribution in [0, 0.1) is 11.6 Å². The number of hydroxylamine groups is 2. The molecular weight excluding hydrogens is 418 g/mol. The van der Waals surface area contributed by atoms with Gasteiger partial charge in [-0.3, -0.25) is 19.6 Å². The zero-order valence-electron chi connectivity index (χ0n) is 17.4. The quantitative estimate of drug-likeness (QED) is 0.463. The van der Waals surface area contributed by atoms with Gasteiger partial charge in [-0.2, -0.15) is 0 Å². The first-order chi connectivity index (χ1) is 14.1. The standard InChI is InChI=1S/C19H26F2N4O4S/c1-5-24(6-7-28-23(4)13(3)30)18-16(20)8-14(9-17(18)21)25-11-15(29-19(25)27)10-22-12(2)26/h8-9,15H,5-7,10-11H2,1-4H3,(H,22,26)/t15-/m0/s1. The Bertz CT molecular complexity index is 788. The van der Waals surface area contributed by atoms with Crippen LogP contribution < -0.4 is 15.1 Å². The van der Waals surface area contributed by atoms with Gasteiger partial charge in [0.1, 0.15) is 16.8 Å². The number of halogens is 2. The normalized spacial score (nSPS) is 15.7. The van der Waals surface area contributed by atoms with Gasteiger partial charge in [-0.1, -0.05) is 12.2 Å². The third-order valence-corrected chi connectivity index (χ3v) is 4.81. The SMILES string of the molecule is CCN(CCON(C)C(C)=S)c1c(F)cc(N2C[C@H](CNC(C)=O)OC2=O)cc1F. The Morgan fingerprint density at radius 1 is 1.37 bits per heavy atom. The molecule has 0 radical (unpaired) electrons. The number of anilines is 2. The molecule has 2 rings (SSSR count). The van der Waals surface area contributed by atoms with Crippen LogP contribution in [0.25, 0.3) is 0 Å². The van der Waals surface area contributed by atoms with Crippen molar-refractivity contribution in [3.63, 3.8) is 0 Å². The number of hydrogen-bond acceptors (Lipinski definition) is 6. The molecule has 8 nitrogen and oxygen atoms in total. The van der Waals surface area contributed by atoms with Crippen LogP contribution in [-0.2, 0) is 14.4 Å². The van der Waals surface area contributed by atoms with E-state index in [-0.39, 0.29) is 43.5 Å². The molecule has 1 aromatic rings. The molecule has 1 atom stereocenters. The number of ether oxygens (including phenoxy) is 1. The maximum Gasteiger partial charge on any atom is 0.414 e. The molecule has 1 heterocycles. The second-order valence-corrected chi connectivity index (χ2v) is 7.33. The minimum Gasteiger partial charge on any atom is -0.442 e. The van der Waals surface area contributed by atoms with E-state index in [9.17, 15) is 18.4 Å². The second-order valence-electron chi connectivity index (χ2n) is 6.74. The zero-order chi connectivity index (χ0) is 22.4. The summed E-state index contributed by atoms with van der Waals surface area (Å²) < 4.78 is 34.7. The summed E-state index contributed by atoms with van der Waals surface area (Å²) in [6.07, 6.45) is -1.32. The van der Waals surface area contributed by atoms with E-state index in [0.717, 1.165) is 17.0 Å². The number of thiocarbonyl (C=S) groups is 1. The maximum absolute atomic E-state index is 14.8. The van der Waals surface area contributed by atoms with E-state index in [0.29, 0.717) is 11.5 Å². The number of nitrogens with zero attached hydrogens (tertiary/aromatic N) is 3. The molecule has 0 unspecified atom stereocenters. The predicted molar refractivity (Wildman–Crippen MR) is 113 cm³/mol. The first-order valence-corrected chi connectivity index (χ1v) is 9.88. The van der Waals surface area contributed by atoms with E-state index in [1.807, 2.05) is 0 Å². The Labute approximate surface area is 179 Å². The second kappa shape index (κ2) is 10.5. The molecule has 0 saturated carbocycles. The van der Waals surface area contributed by atoms with Crippen LogP contribution in [0.4, 0.5) is 25.0 Å². The Hall–Kier alpha value is -2.53. The number of carbonyl (C=O) groups is 2. The monoisotopic (exact) mass is 444 g/mol. The topological polar surface area (TPSA) is 74.3 Å². The maximum atomic E-state index is 14.8. The molecule has 1 saturated heterocycles. The molecule has 2 amide bonds. The highest BCUT2D eigenvalue weighted by Crippen LogP contribution is 2.31. The Morgan fingerprint density at radius 3 is 2.53 bits per heavy atom. The lowest BCUT2D eigenvalue weighted by molar-refractivity contribution is -0.119. The summed E-state index contributed by atoms with van der Waals surface area (Å²) in [4.78, 5) is 31.7. The molecule has 0 aromatic heterocycles. The molecule has 1 aliphatic rings. The lowest BCUT2D eigenvalue weighted by Gasteiger charge is -2.26. The third kappa shape index (κ3) is 5.99. The van der Waals surface area contributed by atoms with Gasteiger partial charge in [-0.15, -0.1) is 0 Å². The summed E-state index contributed by atoms with van der Waals surface area (Å²) in [6, 6.07) is 2.19. The van der Waals surface area contributed by atoms with Crippen molar-refractivity contribution in [3.05, 3.63) is 23.8 Å². The molecule has 1 aliphatic heterocycles. The highest BCUT2D eigenvalue weighted by Gasteiger charge is 2.33. The average Bonchev–Trinajstić information content (AvgIpc) is 3.04. The largest absolute Gasteiger partial charge is 0.442 e. The van der Waals surface area contributed by atoms with E-state index in [1.54, 1.807) is 20.9 Å². The Balaban J connectivity index is 2.11. The molecule has 11 heteroatoms. The van der Waals surface area contributed by atoms with Crippen LogP contribution in [0.2, 0.25) is 0 Å². The fourth-order valence-corrected chi connectivity index (χ4v) is 2.97. The van der Waals surface area contributed by atoms with Gasteiger partial charge in [0.05, 0.1) is 25.4 Å². The number of cyclic esters (lactones) is 1. The first kappa shape index (κ1) is 23.7. The Morgan fingerprint density at radius 2 is 2.00 bits per heavy atom. The molecule has 166 valence electrons. The van der Waals surface area contributed by atoms with Crippen LogP contribution in [-0.4, -0.2) is 68.0 Å². The predicted octanol–water partition coefficient (Wildman–Crippen LogP) is 2.46. The van der Waals surface area contributed by atoms with Crippen molar-refractivity contribution in [1.29, 1.82) is 0 Å². The molecule has 1 aromatic carbocycles. The molecule has 0 spiro atoms. The zero-order valence-corrected chi connectivity index (χ0v) is 18.2. The fraction of sp³-hybridized carbons (Fsp3) is 0.526. The van der Waals surface area contributed by atoms with Crippen molar-refractivity contribution in [2.75, 3.05) is 49.6 Å². The van der Waals surface area contributed by atoms with Crippen molar-refractivity contribution in [3.8, 4) is 0 Å². The minimum atomic E-state index is -0.802. The van der Waals surface area contributed by atoms with Crippen LogP contribution >= 0.6 is 12.2 Å².